The van der Waals surface area contributed by atoms with E-state index in [0.29, 0.717) is 24.2 Å². The van der Waals surface area contributed by atoms with Crippen molar-refractivity contribution in [3.05, 3.63) is 23.8 Å². The number of nitrogens with two attached hydrogens (primary N) is 2. The molecule has 1 rings (SSSR count). The fourth-order valence-electron chi connectivity index (χ4n) is 1.82. The molecule has 0 bridgehead atoms. The lowest BCUT2D eigenvalue weighted by atomic mass is 10.0. The third kappa shape index (κ3) is 4.93. The average Bonchev–Trinajstić information content (AvgIpc) is 2.27. The topological polar surface area (TPSA) is 98.2 Å². The summed E-state index contributed by atoms with van der Waals surface area (Å²) in [6.45, 7) is 1.95. The van der Waals surface area contributed by atoms with Crippen molar-refractivity contribution in [2.24, 2.45) is 0 Å². The molecule has 5 N–H and O–H groups in total. The van der Waals surface area contributed by atoms with Gasteiger partial charge < -0.3 is 11.5 Å². The van der Waals surface area contributed by atoms with Crippen LogP contribution in [-0.4, -0.2) is 20.7 Å². The molecule has 18 heavy (non-hydrogen) atoms. The number of benzene rings is 1. The fraction of sp³-hybridized carbons (Fsp3) is 0.500. The van der Waals surface area contributed by atoms with Crippen LogP contribution in [0.3, 0.4) is 0 Å². The molecule has 5 nitrogen and oxygen atoms in total. The van der Waals surface area contributed by atoms with E-state index < -0.39 is 10.0 Å². The first-order valence-corrected chi connectivity index (χ1v) is 7.82. The average molecular weight is 271 g/mol. The molecule has 1 atom stereocenters. The van der Waals surface area contributed by atoms with Gasteiger partial charge in [0.2, 0.25) is 10.0 Å². The van der Waals surface area contributed by atoms with Crippen molar-refractivity contribution in [3.63, 3.8) is 0 Å². The van der Waals surface area contributed by atoms with Crippen LogP contribution in [0, 0.1) is 0 Å². The monoisotopic (exact) mass is 271 g/mol. The standard InChI is InChI=1S/C12H21N3O2S/c1-3-11(15-18(2,16)17)6-4-9-8-10(13)5-7-12(9)14/h5,7-8,11,15H,3-4,6,13-14H2,1-2H3. The second kappa shape index (κ2) is 6.06. The number of hydrogen-bond acceptors (Lipinski definition) is 4. The first-order valence-electron chi connectivity index (χ1n) is 5.93. The predicted molar refractivity (Wildman–Crippen MR) is 75.6 cm³/mol. The Bertz CT molecular complexity index is 500. The van der Waals surface area contributed by atoms with E-state index in [1.165, 1.54) is 6.26 Å². The lowest BCUT2D eigenvalue weighted by Crippen LogP contribution is -2.33. The zero-order valence-corrected chi connectivity index (χ0v) is 11.6. The number of sulfonamides is 1. The van der Waals surface area contributed by atoms with E-state index in [4.69, 9.17) is 11.5 Å². The second-order valence-electron chi connectivity index (χ2n) is 4.49. The van der Waals surface area contributed by atoms with Gasteiger partial charge in [0.1, 0.15) is 0 Å². The van der Waals surface area contributed by atoms with Crippen molar-refractivity contribution in [2.45, 2.75) is 32.2 Å². The van der Waals surface area contributed by atoms with Gasteiger partial charge in [0.25, 0.3) is 0 Å². The molecule has 0 aliphatic heterocycles. The van der Waals surface area contributed by atoms with Crippen LogP contribution < -0.4 is 16.2 Å². The van der Waals surface area contributed by atoms with Crippen molar-refractivity contribution in [2.75, 3.05) is 17.7 Å². The maximum atomic E-state index is 11.2. The molecule has 0 spiro atoms. The van der Waals surface area contributed by atoms with E-state index in [2.05, 4.69) is 4.72 Å². The Morgan fingerprint density at radius 2 is 2.00 bits per heavy atom. The van der Waals surface area contributed by atoms with Crippen molar-refractivity contribution < 1.29 is 8.42 Å². The minimum atomic E-state index is -3.16. The molecule has 1 aromatic carbocycles. The van der Waals surface area contributed by atoms with Crippen LogP contribution in [0.15, 0.2) is 18.2 Å². The Kier molecular flexibility index (Phi) is 4.98. The molecule has 0 aliphatic carbocycles. The van der Waals surface area contributed by atoms with Crippen LogP contribution in [0.4, 0.5) is 11.4 Å². The van der Waals surface area contributed by atoms with Crippen LogP contribution >= 0.6 is 0 Å². The van der Waals surface area contributed by atoms with Gasteiger partial charge in [0.05, 0.1) is 6.26 Å². The van der Waals surface area contributed by atoms with E-state index >= 15 is 0 Å². The molecule has 0 radical (unpaired) electrons. The molecule has 0 saturated carbocycles. The molecule has 0 heterocycles. The van der Waals surface area contributed by atoms with Crippen molar-refractivity contribution in [1.29, 1.82) is 0 Å². The third-order valence-corrected chi connectivity index (χ3v) is 3.56. The summed E-state index contributed by atoms with van der Waals surface area (Å²) in [6, 6.07) is 5.30. The second-order valence-corrected chi connectivity index (χ2v) is 6.27. The predicted octanol–water partition coefficient (Wildman–Crippen LogP) is 1.11. The number of rotatable bonds is 6. The summed E-state index contributed by atoms with van der Waals surface area (Å²) in [7, 11) is -3.16. The summed E-state index contributed by atoms with van der Waals surface area (Å²) < 4.78 is 25.0. The van der Waals surface area contributed by atoms with Gasteiger partial charge in [0, 0.05) is 17.4 Å². The summed E-state index contributed by atoms with van der Waals surface area (Å²) in [4.78, 5) is 0. The smallest absolute Gasteiger partial charge is 0.208 e. The third-order valence-electron chi connectivity index (χ3n) is 2.80. The van der Waals surface area contributed by atoms with Gasteiger partial charge >= 0.3 is 0 Å². The van der Waals surface area contributed by atoms with Gasteiger partial charge in [-0.2, -0.15) is 0 Å². The van der Waals surface area contributed by atoms with Gasteiger partial charge in [-0.25, -0.2) is 13.1 Å². The van der Waals surface area contributed by atoms with Crippen molar-refractivity contribution in [1.82, 2.24) is 4.72 Å². The Labute approximate surface area is 109 Å². The molecule has 0 fully saturated rings. The van der Waals surface area contributed by atoms with Gasteiger partial charge in [-0.15, -0.1) is 0 Å². The summed E-state index contributed by atoms with van der Waals surface area (Å²) >= 11 is 0. The molecular weight excluding hydrogens is 250 g/mol. The molecule has 0 aliphatic rings. The summed E-state index contributed by atoms with van der Waals surface area (Å²) in [5.41, 5.74) is 13.9. The number of nitrogen functional groups attached to an aromatic ring is 2. The van der Waals surface area contributed by atoms with Gasteiger partial charge in [-0.3, -0.25) is 0 Å². The molecule has 102 valence electrons. The Balaban J connectivity index is 2.65. The van der Waals surface area contributed by atoms with E-state index in [1.54, 1.807) is 12.1 Å². The fourth-order valence-corrected chi connectivity index (χ4v) is 2.71. The number of nitrogens with one attached hydrogen (secondary N) is 1. The highest BCUT2D eigenvalue weighted by atomic mass is 32.2. The normalized spacial score (nSPS) is 13.4. The van der Waals surface area contributed by atoms with Crippen LogP contribution in [-0.2, 0) is 16.4 Å². The Morgan fingerprint density at radius 1 is 1.33 bits per heavy atom. The van der Waals surface area contributed by atoms with Crippen LogP contribution in [0.2, 0.25) is 0 Å². The van der Waals surface area contributed by atoms with Gasteiger partial charge in [-0.1, -0.05) is 6.92 Å². The summed E-state index contributed by atoms with van der Waals surface area (Å²) in [5, 5.41) is 0. The Morgan fingerprint density at radius 3 is 2.56 bits per heavy atom. The van der Waals surface area contributed by atoms with E-state index in [1.807, 2.05) is 13.0 Å². The minimum absolute atomic E-state index is 0.0687. The van der Waals surface area contributed by atoms with E-state index in [0.717, 1.165) is 12.0 Å². The molecule has 0 aromatic heterocycles. The van der Waals surface area contributed by atoms with Gasteiger partial charge in [-0.05, 0) is 43.0 Å². The molecular formula is C12H21N3O2S. The zero-order valence-electron chi connectivity index (χ0n) is 10.8. The van der Waals surface area contributed by atoms with Crippen LogP contribution in [0.5, 0.6) is 0 Å². The highest BCUT2D eigenvalue weighted by Gasteiger charge is 2.12. The summed E-state index contributed by atoms with van der Waals surface area (Å²) in [6.07, 6.45) is 3.33. The number of aryl methyl sites for hydroxylation is 1. The zero-order chi connectivity index (χ0) is 13.8. The minimum Gasteiger partial charge on any atom is -0.399 e. The highest BCUT2D eigenvalue weighted by molar-refractivity contribution is 7.88. The van der Waals surface area contributed by atoms with Gasteiger partial charge in [0.15, 0.2) is 0 Å². The molecule has 1 aromatic rings. The van der Waals surface area contributed by atoms with Crippen molar-refractivity contribution in [3.8, 4) is 0 Å². The first kappa shape index (κ1) is 14.8. The van der Waals surface area contributed by atoms with E-state index in [-0.39, 0.29) is 6.04 Å². The molecule has 1 unspecified atom stereocenters. The summed E-state index contributed by atoms with van der Waals surface area (Å²) in [5.74, 6) is 0. The highest BCUT2D eigenvalue weighted by Crippen LogP contribution is 2.18. The number of hydrogen-bond donors (Lipinski definition) is 3. The lowest BCUT2D eigenvalue weighted by molar-refractivity contribution is 0.520. The van der Waals surface area contributed by atoms with Crippen molar-refractivity contribution >= 4 is 21.4 Å². The quantitative estimate of drug-likeness (QED) is 0.675. The Hall–Kier alpha value is -1.27. The largest absolute Gasteiger partial charge is 0.399 e. The van der Waals surface area contributed by atoms with Crippen LogP contribution in [0.25, 0.3) is 0 Å². The first-order chi connectivity index (χ1) is 8.31. The maximum Gasteiger partial charge on any atom is 0.208 e. The maximum absolute atomic E-state index is 11.2. The van der Waals surface area contributed by atoms with E-state index in [9.17, 15) is 8.42 Å². The van der Waals surface area contributed by atoms with Crippen LogP contribution in [0.1, 0.15) is 25.3 Å². The SMILES string of the molecule is CCC(CCc1cc(N)ccc1N)NS(C)(=O)=O. The molecule has 0 saturated heterocycles. The lowest BCUT2D eigenvalue weighted by Gasteiger charge is -2.16. The number of anilines is 2. The molecule has 6 heteroatoms. The molecule has 0 amide bonds.